The summed E-state index contributed by atoms with van der Waals surface area (Å²) in [6, 6.07) is 15.0. The molecule has 30 heavy (non-hydrogen) atoms. The van der Waals surface area contributed by atoms with Crippen LogP contribution in [-0.2, 0) is 31.0 Å². The standard InChI is InChI=1S/C22H19BrF3N3O/c1-29-18(8-5-11-30-13-14-6-3-2-4-7-14)28-19-20(29)16-10-9-15(23)12-17(16)27-21(19)22(24,25)26/h2-4,6-7,9-10,12H,5,8,11,13H2,1H3. The quantitative estimate of drug-likeness (QED) is 0.317. The fraction of sp³-hybridized carbons (Fsp3) is 0.273. The van der Waals surface area contributed by atoms with Gasteiger partial charge in [-0.2, -0.15) is 13.2 Å². The van der Waals surface area contributed by atoms with Gasteiger partial charge in [0.25, 0.3) is 0 Å². The van der Waals surface area contributed by atoms with Gasteiger partial charge in [0.2, 0.25) is 0 Å². The molecule has 4 rings (SSSR count). The number of rotatable bonds is 6. The molecule has 0 saturated carbocycles. The monoisotopic (exact) mass is 477 g/mol. The highest BCUT2D eigenvalue weighted by Gasteiger charge is 2.37. The zero-order valence-corrected chi connectivity index (χ0v) is 17.8. The summed E-state index contributed by atoms with van der Waals surface area (Å²) < 4.78 is 49.1. The fourth-order valence-electron chi connectivity index (χ4n) is 3.51. The Morgan fingerprint density at radius 2 is 1.83 bits per heavy atom. The molecule has 4 nitrogen and oxygen atoms in total. The third-order valence-electron chi connectivity index (χ3n) is 4.93. The van der Waals surface area contributed by atoms with Crippen molar-refractivity contribution in [3.05, 3.63) is 70.1 Å². The van der Waals surface area contributed by atoms with E-state index in [0.29, 0.717) is 47.3 Å². The first-order valence-corrected chi connectivity index (χ1v) is 10.3. The van der Waals surface area contributed by atoms with E-state index in [4.69, 9.17) is 4.74 Å². The van der Waals surface area contributed by atoms with E-state index in [2.05, 4.69) is 25.9 Å². The van der Waals surface area contributed by atoms with Gasteiger partial charge < -0.3 is 9.30 Å². The normalized spacial score (nSPS) is 12.2. The molecule has 156 valence electrons. The van der Waals surface area contributed by atoms with Gasteiger partial charge in [-0.25, -0.2) is 9.97 Å². The van der Waals surface area contributed by atoms with E-state index in [0.717, 1.165) is 5.56 Å². The predicted octanol–water partition coefficient (Wildman–Crippen LogP) is 6.05. The largest absolute Gasteiger partial charge is 0.435 e. The summed E-state index contributed by atoms with van der Waals surface area (Å²) in [5.74, 6) is 0.580. The van der Waals surface area contributed by atoms with E-state index in [1.807, 2.05) is 30.3 Å². The Labute approximate surface area is 179 Å². The third kappa shape index (κ3) is 4.20. The molecule has 0 amide bonds. The van der Waals surface area contributed by atoms with Crippen molar-refractivity contribution in [1.82, 2.24) is 14.5 Å². The van der Waals surface area contributed by atoms with Gasteiger partial charge in [0.1, 0.15) is 11.3 Å². The second-order valence-electron chi connectivity index (χ2n) is 7.05. The van der Waals surface area contributed by atoms with E-state index >= 15 is 0 Å². The summed E-state index contributed by atoms with van der Waals surface area (Å²) in [5, 5.41) is 0.641. The average Bonchev–Trinajstić information content (AvgIpc) is 3.03. The van der Waals surface area contributed by atoms with Crippen LogP contribution in [0.1, 0.15) is 23.5 Å². The SMILES string of the molecule is Cn1c(CCCOCc2ccccc2)nc2c(C(F)(F)F)nc3cc(Br)ccc3c21. The van der Waals surface area contributed by atoms with Crippen molar-refractivity contribution in [2.24, 2.45) is 7.05 Å². The number of hydrogen-bond acceptors (Lipinski definition) is 3. The molecule has 0 radical (unpaired) electrons. The summed E-state index contributed by atoms with van der Waals surface area (Å²) in [7, 11) is 1.75. The maximum Gasteiger partial charge on any atom is 0.435 e. The Morgan fingerprint density at radius 1 is 1.07 bits per heavy atom. The lowest BCUT2D eigenvalue weighted by Crippen LogP contribution is -2.09. The molecular weight excluding hydrogens is 459 g/mol. The number of benzene rings is 2. The van der Waals surface area contributed by atoms with Crippen LogP contribution in [0.15, 0.2) is 53.0 Å². The number of ether oxygens (including phenoxy) is 1. The van der Waals surface area contributed by atoms with E-state index in [9.17, 15) is 13.2 Å². The van der Waals surface area contributed by atoms with Crippen LogP contribution in [0, 0.1) is 0 Å². The number of alkyl halides is 3. The fourth-order valence-corrected chi connectivity index (χ4v) is 3.86. The van der Waals surface area contributed by atoms with Crippen molar-refractivity contribution in [3.63, 3.8) is 0 Å². The molecule has 0 aliphatic heterocycles. The van der Waals surface area contributed by atoms with Gasteiger partial charge in [0.05, 0.1) is 17.6 Å². The zero-order valence-electron chi connectivity index (χ0n) is 16.2. The maximum atomic E-state index is 13.7. The predicted molar refractivity (Wildman–Crippen MR) is 113 cm³/mol. The lowest BCUT2D eigenvalue weighted by atomic mass is 10.1. The van der Waals surface area contributed by atoms with Crippen LogP contribution in [0.5, 0.6) is 0 Å². The van der Waals surface area contributed by atoms with Crippen LogP contribution in [0.2, 0.25) is 0 Å². The Morgan fingerprint density at radius 3 is 2.57 bits per heavy atom. The first-order valence-electron chi connectivity index (χ1n) is 9.48. The highest BCUT2D eigenvalue weighted by molar-refractivity contribution is 9.10. The first kappa shape index (κ1) is 20.8. The van der Waals surface area contributed by atoms with Gasteiger partial charge in [0.15, 0.2) is 5.69 Å². The summed E-state index contributed by atoms with van der Waals surface area (Å²) in [4.78, 5) is 8.20. The molecule has 2 aromatic carbocycles. The molecule has 0 spiro atoms. The Balaban J connectivity index is 1.60. The molecular formula is C22H19BrF3N3O. The second-order valence-corrected chi connectivity index (χ2v) is 7.96. The number of halogens is 4. The van der Waals surface area contributed by atoms with Crippen molar-refractivity contribution in [3.8, 4) is 0 Å². The van der Waals surface area contributed by atoms with Gasteiger partial charge in [-0.05, 0) is 30.2 Å². The van der Waals surface area contributed by atoms with Crippen LogP contribution in [-0.4, -0.2) is 21.1 Å². The number of nitrogens with zero attached hydrogens (tertiary/aromatic N) is 3. The minimum Gasteiger partial charge on any atom is -0.377 e. The minimum atomic E-state index is -4.58. The highest BCUT2D eigenvalue weighted by atomic mass is 79.9. The third-order valence-corrected chi connectivity index (χ3v) is 5.42. The molecule has 2 aromatic heterocycles. The van der Waals surface area contributed by atoms with Gasteiger partial charge in [-0.1, -0.05) is 46.3 Å². The Hall–Kier alpha value is -2.45. The van der Waals surface area contributed by atoms with Crippen molar-refractivity contribution in [1.29, 1.82) is 0 Å². The topological polar surface area (TPSA) is 39.9 Å². The van der Waals surface area contributed by atoms with E-state index < -0.39 is 11.9 Å². The molecule has 0 atom stereocenters. The van der Waals surface area contributed by atoms with Crippen molar-refractivity contribution < 1.29 is 17.9 Å². The molecule has 0 unspecified atom stereocenters. The number of aromatic nitrogens is 3. The molecule has 8 heteroatoms. The molecule has 0 aliphatic rings. The van der Waals surface area contributed by atoms with Crippen LogP contribution in [0.25, 0.3) is 21.9 Å². The summed E-state index contributed by atoms with van der Waals surface area (Å²) in [6.45, 7) is 1.00. The van der Waals surface area contributed by atoms with Crippen LogP contribution in [0.4, 0.5) is 13.2 Å². The minimum absolute atomic E-state index is 0.111. The van der Waals surface area contributed by atoms with E-state index in [1.54, 1.807) is 29.8 Å². The second kappa shape index (κ2) is 8.35. The molecule has 0 saturated heterocycles. The highest BCUT2D eigenvalue weighted by Crippen LogP contribution is 2.37. The van der Waals surface area contributed by atoms with Crippen molar-refractivity contribution in [2.75, 3.05) is 6.61 Å². The molecule has 0 bridgehead atoms. The van der Waals surface area contributed by atoms with Crippen molar-refractivity contribution >= 4 is 37.9 Å². The molecule has 0 fully saturated rings. The zero-order chi connectivity index (χ0) is 21.3. The number of aryl methyl sites for hydroxylation is 2. The van der Waals surface area contributed by atoms with Gasteiger partial charge in [-0.3, -0.25) is 0 Å². The lowest BCUT2D eigenvalue weighted by Gasteiger charge is -2.10. The Bertz CT molecular complexity index is 1190. The van der Waals surface area contributed by atoms with Crippen LogP contribution >= 0.6 is 15.9 Å². The van der Waals surface area contributed by atoms with Crippen LogP contribution in [0.3, 0.4) is 0 Å². The molecule has 4 aromatic rings. The van der Waals surface area contributed by atoms with Gasteiger partial charge in [-0.15, -0.1) is 0 Å². The number of imidazole rings is 1. The van der Waals surface area contributed by atoms with Crippen LogP contribution < -0.4 is 0 Å². The molecule has 2 heterocycles. The van der Waals surface area contributed by atoms with Crippen molar-refractivity contribution in [2.45, 2.75) is 25.6 Å². The van der Waals surface area contributed by atoms with E-state index in [1.165, 1.54) is 0 Å². The molecule has 0 N–H and O–H groups in total. The smallest absolute Gasteiger partial charge is 0.377 e. The van der Waals surface area contributed by atoms with Gasteiger partial charge in [0, 0.05) is 29.9 Å². The average molecular weight is 478 g/mol. The summed E-state index contributed by atoms with van der Waals surface area (Å²) >= 11 is 3.30. The Kier molecular flexibility index (Phi) is 5.79. The first-order chi connectivity index (χ1) is 14.3. The number of pyridine rings is 1. The number of hydrogen-bond donors (Lipinski definition) is 0. The summed E-state index contributed by atoms with van der Waals surface area (Å²) in [6.07, 6.45) is -3.42. The summed E-state index contributed by atoms with van der Waals surface area (Å²) in [5.41, 5.74) is 0.744. The van der Waals surface area contributed by atoms with Gasteiger partial charge >= 0.3 is 6.18 Å². The lowest BCUT2D eigenvalue weighted by molar-refractivity contribution is -0.139. The van der Waals surface area contributed by atoms with E-state index in [-0.39, 0.29) is 11.0 Å². The number of fused-ring (bicyclic) bond motifs is 3. The maximum absolute atomic E-state index is 13.7. The molecule has 0 aliphatic carbocycles.